The van der Waals surface area contributed by atoms with Crippen LogP contribution in [0.4, 0.5) is 14.9 Å². The van der Waals surface area contributed by atoms with Gasteiger partial charge in [-0.1, -0.05) is 11.6 Å². The number of anilines is 1. The standard InChI is InChI=1S/C17H22ClFN2O3/c1-17(2,3)24-16(23)21-9-5-4-6-14(21)15(22)20-11-7-8-13(19)12(18)10-11/h7-8,10,14H,4-6,9H2,1-3H3,(H,20,22). The van der Waals surface area contributed by atoms with E-state index in [0.29, 0.717) is 18.7 Å². The molecule has 0 spiro atoms. The van der Waals surface area contributed by atoms with Crippen molar-refractivity contribution < 1.29 is 18.7 Å². The molecule has 2 amide bonds. The number of nitrogens with zero attached hydrogens (tertiary/aromatic N) is 1. The molecule has 1 aromatic carbocycles. The van der Waals surface area contributed by atoms with Gasteiger partial charge in [0.15, 0.2) is 0 Å². The summed E-state index contributed by atoms with van der Waals surface area (Å²) in [6.45, 7) is 5.82. The van der Waals surface area contributed by atoms with Crippen LogP contribution in [0.5, 0.6) is 0 Å². The van der Waals surface area contributed by atoms with E-state index in [4.69, 9.17) is 16.3 Å². The van der Waals surface area contributed by atoms with E-state index in [9.17, 15) is 14.0 Å². The lowest BCUT2D eigenvalue weighted by Crippen LogP contribution is -2.51. The molecule has 1 atom stereocenters. The summed E-state index contributed by atoms with van der Waals surface area (Å²) >= 11 is 5.72. The molecule has 1 saturated heterocycles. The highest BCUT2D eigenvalue weighted by Gasteiger charge is 2.34. The number of ether oxygens (including phenoxy) is 1. The van der Waals surface area contributed by atoms with E-state index in [1.54, 1.807) is 20.8 Å². The minimum absolute atomic E-state index is 0.0690. The van der Waals surface area contributed by atoms with Crippen LogP contribution in [0.15, 0.2) is 18.2 Å². The fourth-order valence-corrected chi connectivity index (χ4v) is 2.72. The van der Waals surface area contributed by atoms with Gasteiger partial charge >= 0.3 is 6.09 Å². The molecule has 1 aliphatic rings. The molecule has 1 N–H and O–H groups in total. The number of benzene rings is 1. The predicted molar refractivity (Wildman–Crippen MR) is 90.6 cm³/mol. The number of piperidine rings is 1. The summed E-state index contributed by atoms with van der Waals surface area (Å²) in [5.74, 6) is -0.883. The first-order chi connectivity index (χ1) is 11.2. The number of hydrogen-bond donors (Lipinski definition) is 1. The van der Waals surface area contributed by atoms with Crippen molar-refractivity contribution in [2.75, 3.05) is 11.9 Å². The maximum atomic E-state index is 13.2. The third kappa shape index (κ3) is 4.84. The van der Waals surface area contributed by atoms with Crippen LogP contribution in [-0.4, -0.2) is 35.1 Å². The lowest BCUT2D eigenvalue weighted by Gasteiger charge is -2.35. The monoisotopic (exact) mass is 356 g/mol. The van der Waals surface area contributed by atoms with Crippen LogP contribution in [0.25, 0.3) is 0 Å². The normalized spacial score (nSPS) is 18.2. The Morgan fingerprint density at radius 1 is 1.33 bits per heavy atom. The van der Waals surface area contributed by atoms with Gasteiger partial charge in [-0.3, -0.25) is 9.69 Å². The molecule has 132 valence electrons. The largest absolute Gasteiger partial charge is 0.444 e. The zero-order valence-electron chi connectivity index (χ0n) is 14.1. The Bertz CT molecular complexity index is 631. The van der Waals surface area contributed by atoms with Crippen molar-refractivity contribution in [3.05, 3.63) is 29.0 Å². The molecule has 2 rings (SSSR count). The van der Waals surface area contributed by atoms with Crippen LogP contribution in [0.3, 0.4) is 0 Å². The SMILES string of the molecule is CC(C)(C)OC(=O)N1CCCCC1C(=O)Nc1ccc(F)c(Cl)c1. The smallest absolute Gasteiger partial charge is 0.410 e. The highest BCUT2D eigenvalue weighted by Crippen LogP contribution is 2.23. The van der Waals surface area contributed by atoms with Crippen molar-refractivity contribution in [2.24, 2.45) is 0 Å². The third-order valence-corrected chi connectivity index (χ3v) is 3.91. The highest BCUT2D eigenvalue weighted by atomic mass is 35.5. The van der Waals surface area contributed by atoms with E-state index < -0.39 is 23.6 Å². The van der Waals surface area contributed by atoms with Crippen LogP contribution in [-0.2, 0) is 9.53 Å². The second kappa shape index (κ2) is 7.38. The molecular formula is C17H22ClFN2O3. The summed E-state index contributed by atoms with van der Waals surface area (Å²) < 4.78 is 18.6. The van der Waals surface area contributed by atoms with Crippen molar-refractivity contribution in [3.8, 4) is 0 Å². The van der Waals surface area contributed by atoms with Crippen molar-refractivity contribution >= 4 is 29.3 Å². The summed E-state index contributed by atoms with van der Waals surface area (Å²) in [5.41, 5.74) is -0.235. The first-order valence-electron chi connectivity index (χ1n) is 7.93. The van der Waals surface area contributed by atoms with Gasteiger partial charge in [-0.25, -0.2) is 9.18 Å². The van der Waals surface area contributed by atoms with E-state index in [1.807, 2.05) is 0 Å². The molecule has 0 radical (unpaired) electrons. The molecule has 0 bridgehead atoms. The molecule has 0 saturated carbocycles. The molecule has 0 aliphatic carbocycles. The van der Waals surface area contributed by atoms with E-state index in [1.165, 1.54) is 23.1 Å². The first kappa shape index (κ1) is 18.5. The Morgan fingerprint density at radius 3 is 2.67 bits per heavy atom. The van der Waals surface area contributed by atoms with Crippen molar-refractivity contribution in [1.82, 2.24) is 4.90 Å². The molecule has 7 heteroatoms. The van der Waals surface area contributed by atoms with Crippen molar-refractivity contribution in [2.45, 2.75) is 51.7 Å². The molecule has 1 fully saturated rings. The fraction of sp³-hybridized carbons (Fsp3) is 0.529. The van der Waals surface area contributed by atoms with E-state index in [-0.39, 0.29) is 10.9 Å². The number of rotatable bonds is 2. The molecule has 5 nitrogen and oxygen atoms in total. The minimum Gasteiger partial charge on any atom is -0.444 e. The van der Waals surface area contributed by atoms with Gasteiger partial charge in [0.05, 0.1) is 5.02 Å². The highest BCUT2D eigenvalue weighted by molar-refractivity contribution is 6.31. The number of carbonyl (C=O) groups excluding carboxylic acids is 2. The summed E-state index contributed by atoms with van der Waals surface area (Å²) in [6.07, 6.45) is 1.73. The molecule has 1 heterocycles. The van der Waals surface area contributed by atoms with E-state index >= 15 is 0 Å². The maximum absolute atomic E-state index is 13.2. The molecule has 1 unspecified atom stereocenters. The number of hydrogen-bond acceptors (Lipinski definition) is 3. The predicted octanol–water partition coefficient (Wildman–Crippen LogP) is 4.21. The topological polar surface area (TPSA) is 58.6 Å². The number of likely N-dealkylation sites (tertiary alicyclic amines) is 1. The van der Waals surface area contributed by atoms with Crippen LogP contribution in [0.1, 0.15) is 40.0 Å². The summed E-state index contributed by atoms with van der Waals surface area (Å²) in [5, 5.41) is 2.62. The second-order valence-corrected chi connectivity index (χ2v) is 7.21. The number of nitrogens with one attached hydrogen (secondary N) is 1. The van der Waals surface area contributed by atoms with Gasteiger partial charge in [0.25, 0.3) is 0 Å². The summed E-state index contributed by atoms with van der Waals surface area (Å²) in [4.78, 5) is 26.3. The van der Waals surface area contributed by atoms with Crippen LogP contribution in [0.2, 0.25) is 5.02 Å². The Morgan fingerprint density at radius 2 is 2.04 bits per heavy atom. The molecule has 24 heavy (non-hydrogen) atoms. The Balaban J connectivity index is 2.09. The first-order valence-corrected chi connectivity index (χ1v) is 8.31. The zero-order valence-corrected chi connectivity index (χ0v) is 14.8. The van der Waals surface area contributed by atoms with Gasteiger partial charge in [-0.05, 0) is 58.2 Å². The lowest BCUT2D eigenvalue weighted by molar-refractivity contribution is -0.122. The Labute approximate surface area is 146 Å². The van der Waals surface area contributed by atoms with Crippen molar-refractivity contribution in [1.29, 1.82) is 0 Å². The second-order valence-electron chi connectivity index (χ2n) is 6.80. The quantitative estimate of drug-likeness (QED) is 0.863. The Kier molecular flexibility index (Phi) is 5.70. The van der Waals surface area contributed by atoms with Gasteiger partial charge in [0, 0.05) is 12.2 Å². The lowest BCUT2D eigenvalue weighted by atomic mass is 10.0. The molecule has 0 aromatic heterocycles. The zero-order chi connectivity index (χ0) is 17.9. The third-order valence-electron chi connectivity index (χ3n) is 3.62. The summed E-state index contributed by atoms with van der Waals surface area (Å²) in [6, 6.07) is 3.34. The molecule has 1 aromatic rings. The van der Waals surface area contributed by atoms with Gasteiger partial charge in [-0.2, -0.15) is 0 Å². The average Bonchev–Trinajstić information content (AvgIpc) is 2.49. The molecular weight excluding hydrogens is 335 g/mol. The number of carbonyl (C=O) groups is 2. The minimum atomic E-state index is -0.625. The van der Waals surface area contributed by atoms with Crippen molar-refractivity contribution in [3.63, 3.8) is 0 Å². The van der Waals surface area contributed by atoms with Crippen LogP contribution < -0.4 is 5.32 Å². The van der Waals surface area contributed by atoms with E-state index in [2.05, 4.69) is 5.32 Å². The van der Waals surface area contributed by atoms with Gasteiger partial charge in [0.2, 0.25) is 5.91 Å². The molecule has 1 aliphatic heterocycles. The van der Waals surface area contributed by atoms with Crippen LogP contribution >= 0.6 is 11.6 Å². The van der Waals surface area contributed by atoms with E-state index in [0.717, 1.165) is 12.8 Å². The average molecular weight is 357 g/mol. The summed E-state index contributed by atoms with van der Waals surface area (Å²) in [7, 11) is 0. The van der Waals surface area contributed by atoms with Gasteiger partial charge in [-0.15, -0.1) is 0 Å². The fourth-order valence-electron chi connectivity index (χ4n) is 2.54. The number of amides is 2. The van der Waals surface area contributed by atoms with Gasteiger partial charge in [0.1, 0.15) is 17.5 Å². The van der Waals surface area contributed by atoms with Crippen LogP contribution in [0, 0.1) is 5.82 Å². The maximum Gasteiger partial charge on any atom is 0.410 e. The van der Waals surface area contributed by atoms with Gasteiger partial charge < -0.3 is 10.1 Å². The number of halogens is 2. The Hall–Kier alpha value is -1.82.